The Bertz CT molecular complexity index is 482. The van der Waals surface area contributed by atoms with E-state index in [2.05, 4.69) is 5.32 Å². The summed E-state index contributed by atoms with van der Waals surface area (Å²) in [4.78, 5) is 23.0. The summed E-state index contributed by atoms with van der Waals surface area (Å²) in [6.07, 6.45) is 0.946. The van der Waals surface area contributed by atoms with E-state index in [1.807, 2.05) is 0 Å². The van der Waals surface area contributed by atoms with Crippen LogP contribution in [0.2, 0.25) is 0 Å². The van der Waals surface area contributed by atoms with Crippen LogP contribution in [0.3, 0.4) is 0 Å². The number of nitrogens with one attached hydrogen (secondary N) is 1. The zero-order valence-corrected chi connectivity index (χ0v) is 10.8. The molecule has 1 heterocycles. The van der Waals surface area contributed by atoms with E-state index in [4.69, 9.17) is 9.84 Å². The van der Waals surface area contributed by atoms with Crippen LogP contribution in [-0.4, -0.2) is 35.7 Å². The highest BCUT2D eigenvalue weighted by Gasteiger charge is 2.28. The molecule has 1 aliphatic heterocycles. The molecule has 1 saturated heterocycles. The van der Waals surface area contributed by atoms with E-state index < -0.39 is 24.0 Å². The molecule has 0 spiro atoms. The Balaban J connectivity index is 1.98. The van der Waals surface area contributed by atoms with Crippen molar-refractivity contribution in [1.29, 1.82) is 0 Å². The molecular formula is C14H16FNO4. The van der Waals surface area contributed by atoms with Gasteiger partial charge in [0.25, 0.3) is 0 Å². The molecule has 5 nitrogen and oxygen atoms in total. The van der Waals surface area contributed by atoms with E-state index >= 15 is 0 Å². The van der Waals surface area contributed by atoms with Gasteiger partial charge in [0.05, 0.1) is 0 Å². The first kappa shape index (κ1) is 14.5. The number of carboxylic acids is 1. The van der Waals surface area contributed by atoms with E-state index in [9.17, 15) is 14.0 Å². The zero-order valence-electron chi connectivity index (χ0n) is 10.8. The maximum atomic E-state index is 12.8. The smallest absolute Gasteiger partial charge is 0.326 e. The molecule has 108 valence electrons. The van der Waals surface area contributed by atoms with Crippen LogP contribution in [0.4, 0.5) is 4.39 Å². The number of carbonyl (C=O) groups is 2. The summed E-state index contributed by atoms with van der Waals surface area (Å²) < 4.78 is 18.0. The third kappa shape index (κ3) is 3.77. The first-order valence-electron chi connectivity index (χ1n) is 6.45. The molecule has 0 radical (unpaired) electrons. The Hall–Kier alpha value is -1.95. The van der Waals surface area contributed by atoms with Crippen molar-refractivity contribution in [2.24, 2.45) is 0 Å². The summed E-state index contributed by atoms with van der Waals surface area (Å²) in [7, 11) is 0. The topological polar surface area (TPSA) is 75.6 Å². The summed E-state index contributed by atoms with van der Waals surface area (Å²) in [5, 5.41) is 11.6. The number of hydrogen-bond donors (Lipinski definition) is 2. The first-order chi connectivity index (χ1) is 9.56. The maximum absolute atomic E-state index is 12.8. The van der Waals surface area contributed by atoms with Crippen molar-refractivity contribution < 1.29 is 23.8 Å². The standard InChI is InChI=1S/C14H16FNO4/c15-10-5-3-9(4-6-10)8-11(14(18)19)16-13(17)12-2-1-7-20-12/h3-6,11-12H,1-2,7-8H2,(H,16,17)(H,18,19). The second-order valence-electron chi connectivity index (χ2n) is 4.73. The molecule has 2 unspecified atom stereocenters. The lowest BCUT2D eigenvalue weighted by Gasteiger charge is -2.17. The van der Waals surface area contributed by atoms with Gasteiger partial charge in [0.15, 0.2) is 0 Å². The predicted molar refractivity (Wildman–Crippen MR) is 68.6 cm³/mol. The molecule has 1 aliphatic rings. The average molecular weight is 281 g/mol. The molecule has 0 saturated carbocycles. The minimum Gasteiger partial charge on any atom is -0.480 e. The van der Waals surface area contributed by atoms with Crippen molar-refractivity contribution in [2.45, 2.75) is 31.4 Å². The molecule has 20 heavy (non-hydrogen) atoms. The van der Waals surface area contributed by atoms with Crippen molar-refractivity contribution in [3.63, 3.8) is 0 Å². The van der Waals surface area contributed by atoms with Gasteiger partial charge in [-0.15, -0.1) is 0 Å². The van der Waals surface area contributed by atoms with Crippen LogP contribution >= 0.6 is 0 Å². The average Bonchev–Trinajstić information content (AvgIpc) is 2.94. The van der Waals surface area contributed by atoms with Crippen LogP contribution in [0.25, 0.3) is 0 Å². The number of amides is 1. The molecule has 2 N–H and O–H groups in total. The lowest BCUT2D eigenvalue weighted by molar-refractivity contribution is -0.143. The fraction of sp³-hybridized carbons (Fsp3) is 0.429. The van der Waals surface area contributed by atoms with E-state index in [0.29, 0.717) is 18.6 Å². The fourth-order valence-electron chi connectivity index (χ4n) is 2.11. The van der Waals surface area contributed by atoms with E-state index in [0.717, 1.165) is 6.42 Å². The number of halogens is 1. The van der Waals surface area contributed by atoms with Crippen molar-refractivity contribution in [1.82, 2.24) is 5.32 Å². The Kier molecular flexibility index (Phi) is 4.68. The summed E-state index contributed by atoms with van der Waals surface area (Å²) in [5.74, 6) is -1.92. The van der Waals surface area contributed by atoms with Gasteiger partial charge in [-0.1, -0.05) is 12.1 Å². The van der Waals surface area contributed by atoms with Crippen LogP contribution in [0.1, 0.15) is 18.4 Å². The van der Waals surface area contributed by atoms with E-state index in [1.54, 1.807) is 0 Å². The number of rotatable bonds is 5. The number of aliphatic carboxylic acids is 1. The molecule has 0 aliphatic carbocycles. The highest BCUT2D eigenvalue weighted by atomic mass is 19.1. The Labute approximate surface area is 115 Å². The molecular weight excluding hydrogens is 265 g/mol. The monoisotopic (exact) mass is 281 g/mol. The molecule has 2 rings (SSSR count). The van der Waals surface area contributed by atoms with Gasteiger partial charge in [0, 0.05) is 13.0 Å². The number of carbonyl (C=O) groups excluding carboxylic acids is 1. The zero-order chi connectivity index (χ0) is 14.5. The molecule has 1 amide bonds. The van der Waals surface area contributed by atoms with Crippen molar-refractivity contribution in [2.75, 3.05) is 6.61 Å². The molecule has 0 bridgehead atoms. The molecule has 0 aromatic heterocycles. The van der Waals surface area contributed by atoms with Crippen molar-refractivity contribution in [3.8, 4) is 0 Å². The minimum absolute atomic E-state index is 0.105. The Morgan fingerprint density at radius 3 is 2.65 bits per heavy atom. The first-order valence-corrected chi connectivity index (χ1v) is 6.45. The maximum Gasteiger partial charge on any atom is 0.326 e. The van der Waals surface area contributed by atoms with Crippen LogP contribution in [0.15, 0.2) is 24.3 Å². The second kappa shape index (κ2) is 6.47. The van der Waals surface area contributed by atoms with Gasteiger partial charge in [0.1, 0.15) is 18.0 Å². The quantitative estimate of drug-likeness (QED) is 0.848. The second-order valence-corrected chi connectivity index (χ2v) is 4.73. The number of carboxylic acid groups (broad SMARTS) is 1. The highest BCUT2D eigenvalue weighted by Crippen LogP contribution is 2.13. The predicted octanol–water partition coefficient (Wildman–Crippen LogP) is 1.12. The summed E-state index contributed by atoms with van der Waals surface area (Å²) >= 11 is 0. The van der Waals surface area contributed by atoms with Gasteiger partial charge in [0.2, 0.25) is 5.91 Å². The molecule has 2 atom stereocenters. The van der Waals surface area contributed by atoms with Crippen LogP contribution in [0.5, 0.6) is 0 Å². The largest absolute Gasteiger partial charge is 0.480 e. The summed E-state index contributed by atoms with van der Waals surface area (Å²) in [5.41, 5.74) is 0.645. The van der Waals surface area contributed by atoms with Gasteiger partial charge < -0.3 is 15.2 Å². The molecule has 1 aromatic carbocycles. The van der Waals surface area contributed by atoms with Gasteiger partial charge in [-0.05, 0) is 30.5 Å². The Morgan fingerprint density at radius 1 is 1.40 bits per heavy atom. The van der Waals surface area contributed by atoms with Crippen LogP contribution < -0.4 is 5.32 Å². The minimum atomic E-state index is -1.12. The highest BCUT2D eigenvalue weighted by molar-refractivity contribution is 5.86. The number of hydrogen-bond acceptors (Lipinski definition) is 3. The van der Waals surface area contributed by atoms with E-state index in [-0.39, 0.29) is 12.2 Å². The summed E-state index contributed by atoms with van der Waals surface area (Å²) in [6, 6.07) is 4.48. The van der Waals surface area contributed by atoms with Gasteiger partial charge >= 0.3 is 5.97 Å². The van der Waals surface area contributed by atoms with Gasteiger partial charge in [-0.25, -0.2) is 9.18 Å². The lowest BCUT2D eigenvalue weighted by atomic mass is 10.1. The normalized spacial score (nSPS) is 19.6. The van der Waals surface area contributed by atoms with Crippen LogP contribution in [-0.2, 0) is 20.7 Å². The number of benzene rings is 1. The number of ether oxygens (including phenoxy) is 1. The molecule has 1 fully saturated rings. The molecule has 1 aromatic rings. The third-order valence-corrected chi connectivity index (χ3v) is 3.19. The summed E-state index contributed by atoms with van der Waals surface area (Å²) in [6.45, 7) is 0.522. The van der Waals surface area contributed by atoms with E-state index in [1.165, 1.54) is 24.3 Å². The van der Waals surface area contributed by atoms with Crippen molar-refractivity contribution >= 4 is 11.9 Å². The lowest BCUT2D eigenvalue weighted by Crippen LogP contribution is -2.46. The Morgan fingerprint density at radius 2 is 2.10 bits per heavy atom. The SMILES string of the molecule is O=C(O)C(Cc1ccc(F)cc1)NC(=O)C1CCCO1. The van der Waals surface area contributed by atoms with Crippen LogP contribution in [0, 0.1) is 5.82 Å². The third-order valence-electron chi connectivity index (χ3n) is 3.19. The van der Waals surface area contributed by atoms with Gasteiger partial charge in [-0.3, -0.25) is 4.79 Å². The fourth-order valence-corrected chi connectivity index (χ4v) is 2.11. The molecule has 6 heteroatoms. The van der Waals surface area contributed by atoms with Crippen molar-refractivity contribution in [3.05, 3.63) is 35.6 Å². The van der Waals surface area contributed by atoms with Gasteiger partial charge in [-0.2, -0.15) is 0 Å².